The second-order valence-corrected chi connectivity index (χ2v) is 5.30. The summed E-state index contributed by atoms with van der Waals surface area (Å²) < 4.78 is 16.3. The number of nitrogens with one attached hydrogen (secondary N) is 1. The highest BCUT2D eigenvalue weighted by molar-refractivity contribution is 5.94. The van der Waals surface area contributed by atoms with Crippen molar-refractivity contribution in [2.75, 3.05) is 19.0 Å². The van der Waals surface area contributed by atoms with Crippen molar-refractivity contribution in [3.8, 4) is 17.2 Å². The molecule has 0 heterocycles. The third-order valence-electron chi connectivity index (χ3n) is 3.49. The Labute approximate surface area is 148 Å². The normalized spacial score (nSPS) is 11.3. The van der Waals surface area contributed by atoms with Gasteiger partial charge in [0, 0.05) is 5.69 Å². The fourth-order valence-electron chi connectivity index (χ4n) is 2.15. The van der Waals surface area contributed by atoms with Gasteiger partial charge in [-0.2, -0.15) is 0 Å². The molecule has 5 heteroatoms. The Balaban J connectivity index is 1.95. The molecule has 0 unspecified atom stereocenters. The SMILES string of the molecule is C=CCOc1ccc(NC(=O)[C@@H](CC)Oc2ccc(OC)cc2)cc1. The molecule has 0 aliphatic heterocycles. The van der Waals surface area contributed by atoms with Gasteiger partial charge in [-0.1, -0.05) is 19.6 Å². The van der Waals surface area contributed by atoms with Gasteiger partial charge in [-0.3, -0.25) is 4.79 Å². The number of benzene rings is 2. The summed E-state index contributed by atoms with van der Waals surface area (Å²) in [6, 6.07) is 14.3. The Morgan fingerprint density at radius 2 is 1.68 bits per heavy atom. The van der Waals surface area contributed by atoms with Crippen molar-refractivity contribution in [3.63, 3.8) is 0 Å². The molecule has 0 bridgehead atoms. The zero-order valence-electron chi connectivity index (χ0n) is 14.5. The van der Waals surface area contributed by atoms with E-state index in [1.165, 1.54) is 0 Å². The van der Waals surface area contributed by atoms with Crippen molar-refractivity contribution in [2.45, 2.75) is 19.4 Å². The molecule has 2 aromatic rings. The van der Waals surface area contributed by atoms with Gasteiger partial charge < -0.3 is 19.5 Å². The van der Waals surface area contributed by atoms with Gasteiger partial charge in [0.1, 0.15) is 23.9 Å². The molecular formula is C20H23NO4. The lowest BCUT2D eigenvalue weighted by molar-refractivity contribution is -0.122. The van der Waals surface area contributed by atoms with E-state index in [0.29, 0.717) is 24.5 Å². The average Bonchev–Trinajstić information content (AvgIpc) is 2.66. The Bertz CT molecular complexity index is 680. The number of ether oxygens (including phenoxy) is 3. The lowest BCUT2D eigenvalue weighted by Gasteiger charge is -2.17. The van der Waals surface area contributed by atoms with Crippen molar-refractivity contribution in [1.29, 1.82) is 0 Å². The highest BCUT2D eigenvalue weighted by Crippen LogP contribution is 2.20. The Kier molecular flexibility index (Phi) is 6.89. The van der Waals surface area contributed by atoms with E-state index in [-0.39, 0.29) is 5.91 Å². The fraction of sp³-hybridized carbons (Fsp3) is 0.250. The minimum Gasteiger partial charge on any atom is -0.497 e. The molecule has 0 aliphatic carbocycles. The second-order valence-electron chi connectivity index (χ2n) is 5.30. The smallest absolute Gasteiger partial charge is 0.265 e. The topological polar surface area (TPSA) is 56.8 Å². The molecule has 1 amide bonds. The van der Waals surface area contributed by atoms with Gasteiger partial charge in [-0.05, 0) is 55.0 Å². The fourth-order valence-corrected chi connectivity index (χ4v) is 2.15. The van der Waals surface area contributed by atoms with Crippen molar-refractivity contribution in [3.05, 3.63) is 61.2 Å². The van der Waals surface area contributed by atoms with E-state index in [1.54, 1.807) is 61.7 Å². The highest BCUT2D eigenvalue weighted by Gasteiger charge is 2.18. The average molecular weight is 341 g/mol. The van der Waals surface area contributed by atoms with Crippen LogP contribution in [-0.4, -0.2) is 25.7 Å². The molecule has 1 atom stereocenters. The molecule has 0 fully saturated rings. The largest absolute Gasteiger partial charge is 0.497 e. The zero-order valence-corrected chi connectivity index (χ0v) is 14.5. The van der Waals surface area contributed by atoms with Crippen molar-refractivity contribution in [2.24, 2.45) is 0 Å². The quantitative estimate of drug-likeness (QED) is 0.699. The predicted octanol–water partition coefficient (Wildman–Crippen LogP) is 4.06. The number of carbonyl (C=O) groups excluding carboxylic acids is 1. The number of anilines is 1. The summed E-state index contributed by atoms with van der Waals surface area (Å²) in [5, 5.41) is 2.85. The molecule has 0 aliphatic rings. The van der Waals surface area contributed by atoms with E-state index < -0.39 is 6.10 Å². The lowest BCUT2D eigenvalue weighted by Crippen LogP contribution is -2.32. The van der Waals surface area contributed by atoms with E-state index in [0.717, 1.165) is 11.5 Å². The molecule has 132 valence electrons. The van der Waals surface area contributed by atoms with E-state index >= 15 is 0 Å². The third-order valence-corrected chi connectivity index (χ3v) is 3.49. The summed E-state index contributed by atoms with van der Waals surface area (Å²) in [4.78, 5) is 12.4. The Hall–Kier alpha value is -2.95. The molecule has 2 aromatic carbocycles. The first kappa shape index (κ1) is 18.4. The molecule has 0 saturated carbocycles. The monoisotopic (exact) mass is 341 g/mol. The number of amides is 1. The first-order chi connectivity index (χ1) is 12.2. The lowest BCUT2D eigenvalue weighted by atomic mass is 10.2. The standard InChI is InChI=1S/C20H23NO4/c1-4-14-24-17-8-6-15(7-9-17)21-20(22)19(5-2)25-18-12-10-16(23-3)11-13-18/h4,6-13,19H,1,5,14H2,2-3H3,(H,21,22)/t19-/m1/s1. The van der Waals surface area contributed by atoms with Crippen LogP contribution in [-0.2, 0) is 4.79 Å². The van der Waals surface area contributed by atoms with Crippen LogP contribution >= 0.6 is 0 Å². The van der Waals surface area contributed by atoms with Gasteiger partial charge in [-0.15, -0.1) is 0 Å². The van der Waals surface area contributed by atoms with E-state index in [4.69, 9.17) is 14.2 Å². The first-order valence-corrected chi connectivity index (χ1v) is 8.11. The summed E-state index contributed by atoms with van der Waals surface area (Å²) >= 11 is 0. The van der Waals surface area contributed by atoms with E-state index in [2.05, 4.69) is 11.9 Å². The predicted molar refractivity (Wildman–Crippen MR) is 98.5 cm³/mol. The number of hydrogen-bond donors (Lipinski definition) is 1. The van der Waals surface area contributed by atoms with Crippen LogP contribution in [0.2, 0.25) is 0 Å². The summed E-state index contributed by atoms with van der Waals surface area (Å²) in [5.74, 6) is 1.89. The van der Waals surface area contributed by atoms with Gasteiger partial charge in [0.25, 0.3) is 5.91 Å². The van der Waals surface area contributed by atoms with Crippen molar-refractivity contribution < 1.29 is 19.0 Å². The zero-order chi connectivity index (χ0) is 18.1. The summed E-state index contributed by atoms with van der Waals surface area (Å²) in [7, 11) is 1.60. The summed E-state index contributed by atoms with van der Waals surface area (Å²) in [6.07, 6.45) is 1.65. The summed E-state index contributed by atoms with van der Waals surface area (Å²) in [5.41, 5.74) is 0.688. The first-order valence-electron chi connectivity index (χ1n) is 8.11. The molecule has 25 heavy (non-hydrogen) atoms. The Morgan fingerprint density at radius 1 is 1.08 bits per heavy atom. The van der Waals surface area contributed by atoms with Crippen molar-refractivity contribution >= 4 is 11.6 Å². The van der Waals surface area contributed by atoms with Gasteiger partial charge in [0.15, 0.2) is 6.10 Å². The van der Waals surface area contributed by atoms with Gasteiger partial charge in [0.2, 0.25) is 0 Å². The molecular weight excluding hydrogens is 318 g/mol. The minimum absolute atomic E-state index is 0.196. The maximum Gasteiger partial charge on any atom is 0.265 e. The van der Waals surface area contributed by atoms with Crippen LogP contribution in [0.1, 0.15) is 13.3 Å². The molecule has 0 spiro atoms. The molecule has 0 saturated heterocycles. The Morgan fingerprint density at radius 3 is 2.24 bits per heavy atom. The van der Waals surface area contributed by atoms with E-state index in [9.17, 15) is 4.79 Å². The highest BCUT2D eigenvalue weighted by atomic mass is 16.5. The number of hydrogen-bond acceptors (Lipinski definition) is 4. The number of methoxy groups -OCH3 is 1. The van der Waals surface area contributed by atoms with Crippen LogP contribution in [0.5, 0.6) is 17.2 Å². The second kappa shape index (κ2) is 9.37. The number of rotatable bonds is 9. The van der Waals surface area contributed by atoms with Gasteiger partial charge in [-0.25, -0.2) is 0 Å². The molecule has 0 aromatic heterocycles. The van der Waals surface area contributed by atoms with Crippen LogP contribution in [0.3, 0.4) is 0 Å². The van der Waals surface area contributed by atoms with Crippen LogP contribution in [0.15, 0.2) is 61.2 Å². The van der Waals surface area contributed by atoms with Crippen molar-refractivity contribution in [1.82, 2.24) is 0 Å². The maximum atomic E-state index is 12.4. The van der Waals surface area contributed by atoms with Crippen LogP contribution < -0.4 is 19.5 Å². The molecule has 2 rings (SSSR count). The molecule has 1 N–H and O–H groups in total. The summed E-state index contributed by atoms with van der Waals surface area (Å²) in [6.45, 7) is 5.95. The van der Waals surface area contributed by atoms with E-state index in [1.807, 2.05) is 6.92 Å². The maximum absolute atomic E-state index is 12.4. The molecule has 5 nitrogen and oxygen atoms in total. The number of carbonyl (C=O) groups is 1. The van der Waals surface area contributed by atoms with Gasteiger partial charge in [0.05, 0.1) is 7.11 Å². The van der Waals surface area contributed by atoms with Crippen LogP contribution in [0.4, 0.5) is 5.69 Å². The van der Waals surface area contributed by atoms with Crippen LogP contribution in [0.25, 0.3) is 0 Å². The minimum atomic E-state index is -0.579. The molecule has 0 radical (unpaired) electrons. The van der Waals surface area contributed by atoms with Gasteiger partial charge >= 0.3 is 0 Å². The van der Waals surface area contributed by atoms with Crippen LogP contribution in [0, 0.1) is 0 Å². The third kappa shape index (κ3) is 5.57.